The van der Waals surface area contributed by atoms with Gasteiger partial charge >= 0.3 is 0 Å². The van der Waals surface area contributed by atoms with Crippen LogP contribution in [0.3, 0.4) is 0 Å². The zero-order valence-corrected chi connectivity index (χ0v) is 19.2. The molecule has 31 heavy (non-hydrogen) atoms. The highest BCUT2D eigenvalue weighted by molar-refractivity contribution is 7.85. The lowest BCUT2D eigenvalue weighted by molar-refractivity contribution is 0.483. The van der Waals surface area contributed by atoms with E-state index >= 15 is 0 Å². The quantitative estimate of drug-likeness (QED) is 0.353. The van der Waals surface area contributed by atoms with Crippen molar-refractivity contribution in [2.45, 2.75) is 18.7 Å². The fraction of sp³-hybridized carbons (Fsp3) is 0.0769. The maximum atomic E-state index is 10.4. The molecule has 0 aliphatic heterocycles. The molecule has 3 nitrogen and oxygen atoms in total. The van der Waals surface area contributed by atoms with Crippen molar-refractivity contribution in [3.63, 3.8) is 0 Å². The summed E-state index contributed by atoms with van der Waals surface area (Å²) in [6.45, 7) is 4.28. The molecule has 0 bridgehead atoms. The van der Waals surface area contributed by atoms with Gasteiger partial charge in [-0.2, -0.15) is 8.42 Å². The van der Waals surface area contributed by atoms with Crippen LogP contribution in [-0.4, -0.2) is 13.0 Å². The zero-order chi connectivity index (χ0) is 22.3. The van der Waals surface area contributed by atoms with Gasteiger partial charge in [0.2, 0.25) is 0 Å². The second-order valence-corrected chi connectivity index (χ2v) is 10.8. The molecule has 0 saturated heterocycles. The molecule has 0 radical (unpaired) electrons. The minimum absolute atomic E-state index is 0.0741. The van der Waals surface area contributed by atoms with Gasteiger partial charge in [0.05, 0.1) is 4.90 Å². The Morgan fingerprint density at radius 2 is 0.903 bits per heavy atom. The molecule has 0 heterocycles. The average Bonchev–Trinajstić information content (AvgIpc) is 2.78. The SMILES string of the molecule is Cc1ccc(P(c2ccccc2)c2ccc(C)cc2)cc1.O=S(=O)(O)c1ccccc1. The number of aryl methyl sites for hydroxylation is 2. The molecule has 0 saturated carbocycles. The van der Waals surface area contributed by atoms with Gasteiger partial charge in [-0.15, -0.1) is 0 Å². The molecule has 158 valence electrons. The molecule has 0 unspecified atom stereocenters. The van der Waals surface area contributed by atoms with Gasteiger partial charge in [-0.25, -0.2) is 0 Å². The van der Waals surface area contributed by atoms with Crippen LogP contribution in [0.15, 0.2) is 114 Å². The van der Waals surface area contributed by atoms with E-state index in [1.54, 1.807) is 18.2 Å². The molecule has 0 spiro atoms. The van der Waals surface area contributed by atoms with Crippen molar-refractivity contribution in [1.29, 1.82) is 0 Å². The van der Waals surface area contributed by atoms with Gasteiger partial charge in [-0.3, -0.25) is 4.55 Å². The van der Waals surface area contributed by atoms with E-state index in [1.807, 2.05) is 0 Å². The zero-order valence-electron chi connectivity index (χ0n) is 17.5. The fourth-order valence-corrected chi connectivity index (χ4v) is 5.76. The fourth-order valence-electron chi connectivity index (χ4n) is 3.00. The summed E-state index contributed by atoms with van der Waals surface area (Å²) in [5, 5.41) is 4.22. The molecular weight excluding hydrogens is 423 g/mol. The Morgan fingerprint density at radius 3 is 1.26 bits per heavy atom. The van der Waals surface area contributed by atoms with E-state index in [0.29, 0.717) is 0 Å². The molecule has 4 aromatic carbocycles. The predicted octanol–water partition coefficient (Wildman–Crippen LogP) is 4.99. The average molecular weight is 449 g/mol. The Bertz CT molecular complexity index is 1140. The molecule has 0 aromatic heterocycles. The van der Waals surface area contributed by atoms with E-state index in [-0.39, 0.29) is 4.90 Å². The smallest absolute Gasteiger partial charge is 0.282 e. The first-order chi connectivity index (χ1) is 14.8. The molecule has 0 fully saturated rings. The Morgan fingerprint density at radius 1 is 0.548 bits per heavy atom. The van der Waals surface area contributed by atoms with Crippen LogP contribution in [-0.2, 0) is 10.1 Å². The van der Waals surface area contributed by atoms with Crippen LogP contribution >= 0.6 is 7.92 Å². The summed E-state index contributed by atoms with van der Waals surface area (Å²) in [6, 6.07) is 36.2. The second-order valence-electron chi connectivity index (χ2n) is 7.13. The lowest BCUT2D eigenvalue weighted by Crippen LogP contribution is -2.20. The molecule has 0 amide bonds. The second kappa shape index (κ2) is 10.5. The van der Waals surface area contributed by atoms with Crippen LogP contribution in [0.1, 0.15) is 11.1 Å². The van der Waals surface area contributed by atoms with E-state index in [2.05, 4.69) is 92.7 Å². The molecule has 0 aliphatic carbocycles. The summed E-state index contributed by atoms with van der Waals surface area (Å²) >= 11 is 0. The summed E-state index contributed by atoms with van der Waals surface area (Å²) in [6.07, 6.45) is 0. The van der Waals surface area contributed by atoms with E-state index in [1.165, 1.54) is 39.2 Å². The van der Waals surface area contributed by atoms with E-state index in [4.69, 9.17) is 4.55 Å². The topological polar surface area (TPSA) is 54.4 Å². The van der Waals surface area contributed by atoms with Gasteiger partial charge in [0.15, 0.2) is 0 Å². The van der Waals surface area contributed by atoms with Crippen LogP contribution in [0.5, 0.6) is 0 Å². The highest BCUT2D eigenvalue weighted by atomic mass is 32.2. The standard InChI is InChI=1S/C20H19P.C6H6O3S/c1-16-8-12-19(13-9-16)21(18-6-4-3-5-7-18)20-14-10-17(2)11-15-20;7-10(8,9)6-4-2-1-3-5-6/h3-15H,1-2H3;1-5H,(H,7,8,9). The summed E-state index contributed by atoms with van der Waals surface area (Å²) in [4.78, 5) is -0.0741. The van der Waals surface area contributed by atoms with E-state index < -0.39 is 18.0 Å². The molecule has 4 rings (SSSR count). The minimum Gasteiger partial charge on any atom is -0.282 e. The summed E-state index contributed by atoms with van der Waals surface area (Å²) in [5.74, 6) is 0. The van der Waals surface area contributed by atoms with Crippen molar-refractivity contribution in [1.82, 2.24) is 0 Å². The minimum atomic E-state index is -4.00. The molecule has 0 aliphatic rings. The Balaban J connectivity index is 0.000000229. The third-order valence-electron chi connectivity index (χ3n) is 4.64. The largest absolute Gasteiger partial charge is 0.294 e. The molecule has 0 atom stereocenters. The Hall–Kier alpha value is -2.78. The third-order valence-corrected chi connectivity index (χ3v) is 7.95. The van der Waals surface area contributed by atoms with Crippen molar-refractivity contribution < 1.29 is 13.0 Å². The van der Waals surface area contributed by atoms with Crippen LogP contribution < -0.4 is 15.9 Å². The molecular formula is C26H25O3PS. The van der Waals surface area contributed by atoms with Gasteiger partial charge in [-0.05, 0) is 49.8 Å². The number of hydrogen-bond acceptors (Lipinski definition) is 2. The third kappa shape index (κ3) is 6.60. The van der Waals surface area contributed by atoms with Crippen LogP contribution in [0.25, 0.3) is 0 Å². The number of hydrogen-bond donors (Lipinski definition) is 1. The molecule has 4 aromatic rings. The van der Waals surface area contributed by atoms with Crippen molar-refractivity contribution in [2.24, 2.45) is 0 Å². The Kier molecular flexibility index (Phi) is 7.75. The Labute approximate surface area is 185 Å². The van der Waals surface area contributed by atoms with Gasteiger partial charge < -0.3 is 0 Å². The van der Waals surface area contributed by atoms with Crippen molar-refractivity contribution in [2.75, 3.05) is 0 Å². The van der Waals surface area contributed by atoms with Gasteiger partial charge in [0.25, 0.3) is 10.1 Å². The van der Waals surface area contributed by atoms with Crippen molar-refractivity contribution >= 4 is 34.0 Å². The van der Waals surface area contributed by atoms with Crippen LogP contribution in [0, 0.1) is 13.8 Å². The van der Waals surface area contributed by atoms with E-state index in [0.717, 1.165) is 0 Å². The number of rotatable bonds is 4. The highest BCUT2D eigenvalue weighted by Gasteiger charge is 2.15. The summed E-state index contributed by atoms with van der Waals surface area (Å²) in [5.41, 5.74) is 2.62. The summed E-state index contributed by atoms with van der Waals surface area (Å²) < 4.78 is 29.2. The monoisotopic (exact) mass is 448 g/mol. The number of benzene rings is 4. The van der Waals surface area contributed by atoms with Crippen molar-refractivity contribution in [3.8, 4) is 0 Å². The van der Waals surface area contributed by atoms with Gasteiger partial charge in [0, 0.05) is 0 Å². The first kappa shape index (κ1) is 22.9. The van der Waals surface area contributed by atoms with Crippen molar-refractivity contribution in [3.05, 3.63) is 120 Å². The first-order valence-corrected chi connectivity index (χ1v) is 12.6. The molecule has 5 heteroatoms. The maximum Gasteiger partial charge on any atom is 0.294 e. The lowest BCUT2D eigenvalue weighted by atomic mass is 10.2. The summed E-state index contributed by atoms with van der Waals surface area (Å²) in [7, 11) is -4.47. The predicted molar refractivity (Wildman–Crippen MR) is 131 cm³/mol. The highest BCUT2D eigenvalue weighted by Crippen LogP contribution is 2.32. The maximum absolute atomic E-state index is 10.4. The normalized spacial score (nSPS) is 11.0. The molecule has 1 N–H and O–H groups in total. The van der Waals surface area contributed by atoms with E-state index in [9.17, 15) is 8.42 Å². The first-order valence-electron chi connectivity index (χ1n) is 9.85. The van der Waals surface area contributed by atoms with Gasteiger partial charge in [0.1, 0.15) is 0 Å². The lowest BCUT2D eigenvalue weighted by Gasteiger charge is -2.19. The van der Waals surface area contributed by atoms with Crippen LogP contribution in [0.2, 0.25) is 0 Å². The van der Waals surface area contributed by atoms with Crippen LogP contribution in [0.4, 0.5) is 0 Å². The van der Waals surface area contributed by atoms with Gasteiger partial charge in [-0.1, -0.05) is 108 Å².